The van der Waals surface area contributed by atoms with E-state index in [-0.39, 0.29) is 23.5 Å². The molecule has 1 amide bonds. The number of nitrogens with zero attached hydrogens (tertiary/aromatic N) is 1. The summed E-state index contributed by atoms with van der Waals surface area (Å²) in [6.45, 7) is 4.24. The first-order chi connectivity index (χ1) is 9.90. The number of likely N-dealkylation sites (tertiary alicyclic amines) is 1. The molecule has 1 fully saturated rings. The maximum atomic E-state index is 12.4. The molecule has 1 aliphatic rings. The second kappa shape index (κ2) is 6.08. The van der Waals surface area contributed by atoms with Gasteiger partial charge in [-0.1, -0.05) is 19.1 Å². The van der Waals surface area contributed by atoms with Gasteiger partial charge >= 0.3 is 5.97 Å². The van der Waals surface area contributed by atoms with Gasteiger partial charge < -0.3 is 10.0 Å². The van der Waals surface area contributed by atoms with Crippen molar-refractivity contribution in [1.82, 2.24) is 4.90 Å². The largest absolute Gasteiger partial charge is 0.481 e. The summed E-state index contributed by atoms with van der Waals surface area (Å²) >= 11 is 0. The van der Waals surface area contributed by atoms with Crippen molar-refractivity contribution in [3.8, 4) is 0 Å². The first kappa shape index (κ1) is 15.2. The third kappa shape index (κ3) is 3.29. The van der Waals surface area contributed by atoms with Crippen molar-refractivity contribution in [2.45, 2.75) is 20.3 Å². The number of piperidine rings is 1. The van der Waals surface area contributed by atoms with Crippen LogP contribution in [-0.2, 0) is 4.79 Å². The molecule has 112 valence electrons. The van der Waals surface area contributed by atoms with Gasteiger partial charge in [-0.25, -0.2) is 0 Å². The number of benzene rings is 1. The Balaban J connectivity index is 2.07. The normalized spacial score (nSPS) is 21.9. The number of carboxylic acids is 1. The molecule has 5 nitrogen and oxygen atoms in total. The number of carbonyl (C=O) groups is 3. The minimum atomic E-state index is -0.791. The average molecular weight is 289 g/mol. The monoisotopic (exact) mass is 289 g/mol. The van der Waals surface area contributed by atoms with E-state index in [4.69, 9.17) is 5.11 Å². The second-order valence-electron chi connectivity index (χ2n) is 5.60. The highest BCUT2D eigenvalue weighted by atomic mass is 16.4. The molecule has 0 aliphatic carbocycles. The molecule has 0 saturated carbocycles. The van der Waals surface area contributed by atoms with E-state index < -0.39 is 5.97 Å². The van der Waals surface area contributed by atoms with Gasteiger partial charge in [-0.2, -0.15) is 0 Å². The summed E-state index contributed by atoms with van der Waals surface area (Å²) in [7, 11) is 0. The number of amides is 1. The molecule has 1 aromatic rings. The summed E-state index contributed by atoms with van der Waals surface area (Å²) in [6.07, 6.45) is 0.480. The van der Waals surface area contributed by atoms with Gasteiger partial charge in [0.25, 0.3) is 5.91 Å². The zero-order chi connectivity index (χ0) is 15.6. The third-order valence-corrected chi connectivity index (χ3v) is 4.05. The Labute approximate surface area is 123 Å². The minimum absolute atomic E-state index is 0.0371. The molecule has 0 spiro atoms. The average Bonchev–Trinajstić information content (AvgIpc) is 2.46. The zero-order valence-electron chi connectivity index (χ0n) is 12.2. The molecular weight excluding hydrogens is 270 g/mol. The lowest BCUT2D eigenvalue weighted by Crippen LogP contribution is -2.45. The molecule has 2 unspecified atom stereocenters. The molecule has 2 atom stereocenters. The van der Waals surface area contributed by atoms with E-state index in [1.54, 1.807) is 29.2 Å². The maximum Gasteiger partial charge on any atom is 0.306 e. The number of rotatable bonds is 3. The standard InChI is InChI=1S/C16H19NO4/c1-10-9-17(8-7-14(10)16(20)21)15(19)13-5-3-12(4-6-13)11(2)18/h3-6,10,14H,7-9H2,1-2H3,(H,20,21). The van der Waals surface area contributed by atoms with Crippen molar-refractivity contribution in [2.24, 2.45) is 11.8 Å². The molecule has 1 N–H and O–H groups in total. The van der Waals surface area contributed by atoms with Crippen molar-refractivity contribution >= 4 is 17.7 Å². The summed E-state index contributed by atoms with van der Waals surface area (Å²) in [5.74, 6) is -1.38. The van der Waals surface area contributed by atoms with Crippen molar-refractivity contribution in [2.75, 3.05) is 13.1 Å². The Bertz CT molecular complexity index is 564. The van der Waals surface area contributed by atoms with Gasteiger partial charge in [0.2, 0.25) is 0 Å². The third-order valence-electron chi connectivity index (χ3n) is 4.05. The lowest BCUT2D eigenvalue weighted by molar-refractivity contribution is -0.145. The molecule has 1 heterocycles. The lowest BCUT2D eigenvalue weighted by atomic mass is 9.87. The molecule has 1 aliphatic heterocycles. The summed E-state index contributed by atoms with van der Waals surface area (Å²) in [5, 5.41) is 9.10. The zero-order valence-corrected chi connectivity index (χ0v) is 12.2. The highest BCUT2D eigenvalue weighted by Crippen LogP contribution is 2.24. The van der Waals surface area contributed by atoms with Crippen LogP contribution in [-0.4, -0.2) is 40.8 Å². The fraction of sp³-hybridized carbons (Fsp3) is 0.438. The Kier molecular flexibility index (Phi) is 4.40. The van der Waals surface area contributed by atoms with E-state index in [2.05, 4.69) is 0 Å². The predicted molar refractivity (Wildman–Crippen MR) is 77.3 cm³/mol. The van der Waals surface area contributed by atoms with E-state index in [0.717, 1.165) is 0 Å². The Morgan fingerprint density at radius 1 is 1.14 bits per heavy atom. The topological polar surface area (TPSA) is 74.7 Å². The van der Waals surface area contributed by atoms with Crippen LogP contribution in [0.4, 0.5) is 0 Å². The fourth-order valence-electron chi connectivity index (χ4n) is 2.73. The van der Waals surface area contributed by atoms with Gasteiger partial charge in [0.05, 0.1) is 5.92 Å². The number of aliphatic carboxylic acids is 1. The molecule has 21 heavy (non-hydrogen) atoms. The second-order valence-corrected chi connectivity index (χ2v) is 5.60. The van der Waals surface area contributed by atoms with E-state index in [1.807, 2.05) is 6.92 Å². The molecule has 1 saturated heterocycles. The van der Waals surface area contributed by atoms with Crippen molar-refractivity contribution in [1.29, 1.82) is 0 Å². The smallest absolute Gasteiger partial charge is 0.306 e. The molecule has 2 rings (SSSR count). The predicted octanol–water partition coefficient (Wildman–Crippen LogP) is 2.07. The molecule has 0 aromatic heterocycles. The number of carbonyl (C=O) groups excluding carboxylic acids is 2. The van der Waals surface area contributed by atoms with E-state index in [1.165, 1.54) is 6.92 Å². The van der Waals surface area contributed by atoms with Crippen LogP contribution >= 0.6 is 0 Å². The van der Waals surface area contributed by atoms with E-state index >= 15 is 0 Å². The van der Waals surface area contributed by atoms with Crippen molar-refractivity contribution < 1.29 is 19.5 Å². The summed E-state index contributed by atoms with van der Waals surface area (Å²) in [4.78, 5) is 36.4. The quantitative estimate of drug-likeness (QED) is 0.864. The maximum absolute atomic E-state index is 12.4. The van der Waals surface area contributed by atoms with Gasteiger partial charge in [0.15, 0.2) is 5.78 Å². The minimum Gasteiger partial charge on any atom is -0.481 e. The lowest BCUT2D eigenvalue weighted by Gasteiger charge is -2.35. The molecular formula is C16H19NO4. The van der Waals surface area contributed by atoms with Crippen LogP contribution in [0, 0.1) is 11.8 Å². The van der Waals surface area contributed by atoms with Gasteiger partial charge in [-0.15, -0.1) is 0 Å². The highest BCUT2D eigenvalue weighted by molar-refractivity contribution is 5.97. The van der Waals surface area contributed by atoms with Gasteiger partial charge in [0, 0.05) is 24.2 Å². The van der Waals surface area contributed by atoms with Crippen LogP contribution in [0.15, 0.2) is 24.3 Å². The number of carboxylic acid groups (broad SMARTS) is 1. The van der Waals surface area contributed by atoms with Gasteiger partial charge in [0.1, 0.15) is 0 Å². The first-order valence-electron chi connectivity index (χ1n) is 7.03. The van der Waals surface area contributed by atoms with Crippen LogP contribution < -0.4 is 0 Å². The Morgan fingerprint density at radius 3 is 2.19 bits per heavy atom. The van der Waals surface area contributed by atoms with E-state index in [0.29, 0.717) is 30.6 Å². The molecule has 5 heteroatoms. The number of ketones is 1. The number of hydrogen-bond acceptors (Lipinski definition) is 3. The molecule has 0 radical (unpaired) electrons. The van der Waals surface area contributed by atoms with E-state index in [9.17, 15) is 14.4 Å². The van der Waals surface area contributed by atoms with Crippen LogP contribution in [0.3, 0.4) is 0 Å². The highest BCUT2D eigenvalue weighted by Gasteiger charge is 2.33. The summed E-state index contributed by atoms with van der Waals surface area (Å²) in [6, 6.07) is 6.58. The first-order valence-corrected chi connectivity index (χ1v) is 7.03. The van der Waals surface area contributed by atoms with Crippen molar-refractivity contribution in [3.63, 3.8) is 0 Å². The Morgan fingerprint density at radius 2 is 1.71 bits per heavy atom. The van der Waals surface area contributed by atoms with Gasteiger partial charge in [-0.3, -0.25) is 14.4 Å². The van der Waals surface area contributed by atoms with Crippen LogP contribution in [0.2, 0.25) is 0 Å². The number of hydrogen-bond donors (Lipinski definition) is 1. The molecule has 1 aromatic carbocycles. The Hall–Kier alpha value is -2.17. The summed E-state index contributed by atoms with van der Waals surface area (Å²) in [5.41, 5.74) is 1.10. The van der Waals surface area contributed by atoms with Crippen LogP contribution in [0.1, 0.15) is 41.0 Å². The molecule has 0 bridgehead atoms. The SMILES string of the molecule is CC(=O)c1ccc(C(=O)N2CCC(C(=O)O)C(C)C2)cc1. The number of Topliss-reactive ketones (excluding diaryl/α,β-unsaturated/α-hetero) is 1. The summed E-state index contributed by atoms with van der Waals surface area (Å²) < 4.78 is 0. The van der Waals surface area contributed by atoms with Crippen LogP contribution in [0.5, 0.6) is 0 Å². The van der Waals surface area contributed by atoms with Crippen LogP contribution in [0.25, 0.3) is 0 Å². The van der Waals surface area contributed by atoms with Gasteiger partial charge in [-0.05, 0) is 31.4 Å². The van der Waals surface area contributed by atoms with Crippen molar-refractivity contribution in [3.05, 3.63) is 35.4 Å². The fourth-order valence-corrected chi connectivity index (χ4v) is 2.73.